The summed E-state index contributed by atoms with van der Waals surface area (Å²) in [5.41, 5.74) is 6.06. The summed E-state index contributed by atoms with van der Waals surface area (Å²) in [6.45, 7) is 0. The lowest BCUT2D eigenvalue weighted by molar-refractivity contribution is 0.594. The van der Waals surface area contributed by atoms with Crippen molar-refractivity contribution in [2.45, 2.75) is 10.6 Å². The van der Waals surface area contributed by atoms with E-state index in [1.807, 2.05) is 0 Å². The Kier molecular flexibility index (Phi) is 4.16. The third-order valence-electron chi connectivity index (χ3n) is 2.77. The van der Waals surface area contributed by atoms with Gasteiger partial charge in [0.05, 0.1) is 33.0 Å². The normalized spacial score (nSPS) is 11.1. The number of hydrogen-bond donors (Lipinski definition) is 1. The van der Waals surface area contributed by atoms with Crippen LogP contribution in [0.25, 0.3) is 0 Å². The van der Waals surface area contributed by atoms with Gasteiger partial charge < -0.3 is 5.73 Å². The van der Waals surface area contributed by atoms with Crippen molar-refractivity contribution in [3.63, 3.8) is 0 Å². The van der Waals surface area contributed by atoms with Gasteiger partial charge in [-0.1, -0.05) is 11.6 Å². The molecule has 0 aliphatic heterocycles. The van der Waals surface area contributed by atoms with Crippen molar-refractivity contribution in [2.24, 2.45) is 0 Å². The van der Waals surface area contributed by atoms with Gasteiger partial charge in [-0.2, -0.15) is 5.26 Å². The van der Waals surface area contributed by atoms with Crippen LogP contribution in [0.1, 0.15) is 11.1 Å². The van der Waals surface area contributed by atoms with Crippen molar-refractivity contribution in [3.05, 3.63) is 58.4 Å². The molecule has 0 aromatic heterocycles. The maximum atomic E-state index is 13.3. The first-order valence-electron chi connectivity index (χ1n) is 5.79. The first kappa shape index (κ1) is 15.3. The van der Waals surface area contributed by atoms with Gasteiger partial charge in [0.25, 0.3) is 0 Å². The Hall–Kier alpha value is -2.10. The zero-order valence-electron chi connectivity index (χ0n) is 10.7. The molecule has 0 bridgehead atoms. The van der Waals surface area contributed by atoms with Gasteiger partial charge in [-0.05, 0) is 42.0 Å². The van der Waals surface area contributed by atoms with Crippen LogP contribution in [0.3, 0.4) is 0 Å². The van der Waals surface area contributed by atoms with Gasteiger partial charge in [0.15, 0.2) is 9.84 Å². The molecule has 2 aromatic rings. The standard InChI is InChI=1S/C14H10ClFN2O2S/c15-13-6-12(1-2-14(13)18)21(19,20)8-10-3-9(7-17)4-11(16)5-10/h1-6H,8,18H2. The fraction of sp³-hybridized carbons (Fsp3) is 0.0714. The first-order chi connectivity index (χ1) is 9.81. The molecule has 0 unspecified atom stereocenters. The van der Waals surface area contributed by atoms with E-state index in [-0.39, 0.29) is 26.7 Å². The summed E-state index contributed by atoms with van der Waals surface area (Å²) in [6, 6.07) is 9.20. The molecule has 0 saturated carbocycles. The molecule has 0 saturated heterocycles. The van der Waals surface area contributed by atoms with E-state index in [4.69, 9.17) is 22.6 Å². The molecule has 0 fully saturated rings. The predicted octanol–water partition coefficient (Wildman–Crippen LogP) is 2.91. The van der Waals surface area contributed by atoms with Crippen molar-refractivity contribution in [1.82, 2.24) is 0 Å². The Balaban J connectivity index is 2.40. The zero-order valence-corrected chi connectivity index (χ0v) is 12.2. The highest BCUT2D eigenvalue weighted by Crippen LogP contribution is 2.25. The Morgan fingerprint density at radius 2 is 1.95 bits per heavy atom. The summed E-state index contributed by atoms with van der Waals surface area (Å²) in [7, 11) is -3.71. The molecule has 4 nitrogen and oxygen atoms in total. The second-order valence-electron chi connectivity index (χ2n) is 4.40. The van der Waals surface area contributed by atoms with Crippen molar-refractivity contribution in [1.29, 1.82) is 5.26 Å². The van der Waals surface area contributed by atoms with E-state index in [9.17, 15) is 12.8 Å². The van der Waals surface area contributed by atoms with E-state index in [2.05, 4.69) is 0 Å². The third kappa shape index (κ3) is 3.51. The summed E-state index contributed by atoms with van der Waals surface area (Å²) >= 11 is 5.80. The summed E-state index contributed by atoms with van der Waals surface area (Å²) in [5, 5.41) is 8.90. The first-order valence-corrected chi connectivity index (χ1v) is 7.82. The fourth-order valence-corrected chi connectivity index (χ4v) is 3.39. The number of rotatable bonds is 3. The quantitative estimate of drug-likeness (QED) is 0.880. The molecule has 0 atom stereocenters. The van der Waals surface area contributed by atoms with Gasteiger partial charge in [0.2, 0.25) is 0 Å². The number of anilines is 1. The maximum absolute atomic E-state index is 13.3. The number of halogens is 2. The predicted molar refractivity (Wildman–Crippen MR) is 77.9 cm³/mol. The van der Waals surface area contributed by atoms with Gasteiger partial charge in [-0.3, -0.25) is 0 Å². The van der Waals surface area contributed by atoms with E-state index in [1.54, 1.807) is 6.07 Å². The second-order valence-corrected chi connectivity index (χ2v) is 6.80. The van der Waals surface area contributed by atoms with Gasteiger partial charge in [0.1, 0.15) is 5.82 Å². The molecule has 0 spiro atoms. The summed E-state index contributed by atoms with van der Waals surface area (Å²) in [4.78, 5) is -0.00975. The molecule has 2 N–H and O–H groups in total. The molecule has 0 radical (unpaired) electrons. The van der Waals surface area contributed by atoms with Crippen LogP contribution in [0, 0.1) is 17.1 Å². The fourth-order valence-electron chi connectivity index (χ4n) is 1.80. The average Bonchev–Trinajstić information content (AvgIpc) is 2.40. The maximum Gasteiger partial charge on any atom is 0.182 e. The summed E-state index contributed by atoms with van der Waals surface area (Å²) in [5.74, 6) is -1.09. The van der Waals surface area contributed by atoms with Gasteiger partial charge >= 0.3 is 0 Å². The smallest absolute Gasteiger partial charge is 0.182 e. The van der Waals surface area contributed by atoms with Crippen LogP contribution in [-0.4, -0.2) is 8.42 Å². The number of sulfone groups is 1. The van der Waals surface area contributed by atoms with Crippen LogP contribution in [0.2, 0.25) is 5.02 Å². The third-order valence-corrected chi connectivity index (χ3v) is 4.79. The lowest BCUT2D eigenvalue weighted by atomic mass is 10.1. The van der Waals surface area contributed by atoms with Gasteiger partial charge in [-0.15, -0.1) is 0 Å². The number of nitrogens with zero attached hydrogens (tertiary/aromatic N) is 1. The van der Waals surface area contributed by atoms with E-state index >= 15 is 0 Å². The van der Waals surface area contributed by atoms with Crippen LogP contribution in [0.15, 0.2) is 41.3 Å². The largest absolute Gasteiger partial charge is 0.398 e. The summed E-state index contributed by atoms with van der Waals surface area (Å²) in [6.07, 6.45) is 0. The van der Waals surface area contributed by atoms with E-state index in [0.29, 0.717) is 0 Å². The number of nitrogens with two attached hydrogens (primary N) is 1. The Morgan fingerprint density at radius 3 is 2.57 bits per heavy atom. The van der Waals surface area contributed by atoms with Crippen LogP contribution in [0.5, 0.6) is 0 Å². The monoisotopic (exact) mass is 324 g/mol. The lowest BCUT2D eigenvalue weighted by Crippen LogP contribution is -2.06. The highest BCUT2D eigenvalue weighted by molar-refractivity contribution is 7.90. The van der Waals surface area contributed by atoms with Crippen LogP contribution in [-0.2, 0) is 15.6 Å². The van der Waals surface area contributed by atoms with Gasteiger partial charge in [0, 0.05) is 0 Å². The molecule has 7 heteroatoms. The van der Waals surface area contributed by atoms with Crippen molar-refractivity contribution in [3.8, 4) is 6.07 Å². The Labute approximate surface area is 126 Å². The Morgan fingerprint density at radius 1 is 1.24 bits per heavy atom. The highest BCUT2D eigenvalue weighted by Gasteiger charge is 2.17. The SMILES string of the molecule is N#Cc1cc(F)cc(CS(=O)(=O)c2ccc(N)c(Cl)c2)c1. The second kappa shape index (κ2) is 5.72. The molecule has 0 heterocycles. The van der Waals surface area contributed by atoms with Gasteiger partial charge in [-0.25, -0.2) is 12.8 Å². The highest BCUT2D eigenvalue weighted by atomic mass is 35.5. The minimum atomic E-state index is -3.71. The lowest BCUT2D eigenvalue weighted by Gasteiger charge is -2.07. The zero-order chi connectivity index (χ0) is 15.6. The molecule has 2 aromatic carbocycles. The number of benzene rings is 2. The summed E-state index contributed by atoms with van der Waals surface area (Å²) < 4.78 is 37.9. The Bertz CT molecular complexity index is 845. The number of nitrogen functional groups attached to an aromatic ring is 1. The molecule has 108 valence electrons. The van der Waals surface area contributed by atoms with Crippen molar-refractivity contribution in [2.75, 3.05) is 5.73 Å². The van der Waals surface area contributed by atoms with Crippen molar-refractivity contribution < 1.29 is 12.8 Å². The molecule has 21 heavy (non-hydrogen) atoms. The van der Waals surface area contributed by atoms with E-state index < -0.39 is 21.4 Å². The van der Waals surface area contributed by atoms with E-state index in [0.717, 1.165) is 12.1 Å². The average molecular weight is 325 g/mol. The molecule has 0 amide bonds. The molecular formula is C14H10ClFN2O2S. The minimum Gasteiger partial charge on any atom is -0.398 e. The molecular weight excluding hydrogens is 315 g/mol. The molecule has 0 aliphatic rings. The molecule has 2 rings (SSSR count). The van der Waals surface area contributed by atoms with Crippen LogP contribution in [0.4, 0.5) is 10.1 Å². The van der Waals surface area contributed by atoms with Crippen LogP contribution < -0.4 is 5.73 Å². The number of hydrogen-bond acceptors (Lipinski definition) is 4. The van der Waals surface area contributed by atoms with E-state index in [1.165, 1.54) is 24.3 Å². The topological polar surface area (TPSA) is 84.0 Å². The minimum absolute atomic E-state index is 0.00975. The van der Waals surface area contributed by atoms with Crippen LogP contribution >= 0.6 is 11.6 Å². The number of nitriles is 1. The van der Waals surface area contributed by atoms with Crippen molar-refractivity contribution >= 4 is 27.1 Å². The molecule has 0 aliphatic carbocycles.